The van der Waals surface area contributed by atoms with Crippen LogP contribution < -0.4 is 10.6 Å². The Morgan fingerprint density at radius 3 is 2.75 bits per heavy atom. The number of ether oxygens (including phenoxy) is 2. The minimum Gasteiger partial charge on any atom is -0.480 e. The number of carbonyl (C=O) groups is 3. The zero-order chi connectivity index (χ0) is 15.0. The highest BCUT2D eigenvalue weighted by atomic mass is 16.5. The van der Waals surface area contributed by atoms with Gasteiger partial charge in [-0.3, -0.25) is 4.79 Å². The van der Waals surface area contributed by atoms with Crippen LogP contribution in [-0.4, -0.2) is 55.5 Å². The summed E-state index contributed by atoms with van der Waals surface area (Å²) in [4.78, 5) is 33.7. The molecule has 0 aromatic heterocycles. The summed E-state index contributed by atoms with van der Waals surface area (Å²) in [7, 11) is 1.22. The number of hydrogen-bond acceptors (Lipinski definition) is 5. The van der Waals surface area contributed by atoms with E-state index in [1.54, 1.807) is 0 Å². The Hall–Kier alpha value is -1.83. The van der Waals surface area contributed by atoms with Crippen molar-refractivity contribution in [1.82, 2.24) is 10.6 Å². The van der Waals surface area contributed by atoms with Crippen molar-refractivity contribution in [3.63, 3.8) is 0 Å². The Morgan fingerprint density at radius 1 is 1.45 bits per heavy atom. The van der Waals surface area contributed by atoms with Gasteiger partial charge >= 0.3 is 18.0 Å². The van der Waals surface area contributed by atoms with E-state index in [0.29, 0.717) is 13.2 Å². The maximum Gasteiger partial charge on any atom is 0.326 e. The van der Waals surface area contributed by atoms with Crippen LogP contribution in [0.1, 0.15) is 25.7 Å². The van der Waals surface area contributed by atoms with Crippen molar-refractivity contribution in [1.29, 1.82) is 0 Å². The summed E-state index contributed by atoms with van der Waals surface area (Å²) in [6.45, 7) is 1.10. The molecule has 0 spiro atoms. The van der Waals surface area contributed by atoms with Crippen molar-refractivity contribution < 1.29 is 29.0 Å². The second-order valence-electron chi connectivity index (χ2n) is 4.54. The number of aliphatic carboxylic acids is 1. The number of amides is 2. The fourth-order valence-electron chi connectivity index (χ4n) is 1.86. The lowest BCUT2D eigenvalue weighted by Crippen LogP contribution is -2.51. The van der Waals surface area contributed by atoms with Crippen LogP contribution in [0.25, 0.3) is 0 Å². The Labute approximate surface area is 116 Å². The first-order valence-electron chi connectivity index (χ1n) is 6.47. The quantitative estimate of drug-likeness (QED) is 0.587. The molecule has 20 heavy (non-hydrogen) atoms. The summed E-state index contributed by atoms with van der Waals surface area (Å²) >= 11 is 0. The number of hydrogen-bond donors (Lipinski definition) is 3. The fourth-order valence-corrected chi connectivity index (χ4v) is 1.86. The third kappa shape index (κ3) is 5.87. The first kappa shape index (κ1) is 16.2. The summed E-state index contributed by atoms with van der Waals surface area (Å²) in [5, 5.41) is 14.0. The first-order valence-corrected chi connectivity index (χ1v) is 6.47. The highest BCUT2D eigenvalue weighted by Crippen LogP contribution is 2.06. The van der Waals surface area contributed by atoms with Crippen LogP contribution in [0.5, 0.6) is 0 Å². The summed E-state index contributed by atoms with van der Waals surface area (Å²) in [6, 6.07) is -1.81. The SMILES string of the molecule is COC(=O)CC[C@@H](NC(=O)NC1CCCOC1)C(=O)O. The van der Waals surface area contributed by atoms with Gasteiger partial charge in [-0.15, -0.1) is 0 Å². The van der Waals surface area contributed by atoms with Gasteiger partial charge in [-0.05, 0) is 19.3 Å². The van der Waals surface area contributed by atoms with Crippen LogP contribution in [0.4, 0.5) is 4.79 Å². The van der Waals surface area contributed by atoms with Crippen LogP contribution in [-0.2, 0) is 19.1 Å². The van der Waals surface area contributed by atoms with Crippen molar-refractivity contribution in [3.05, 3.63) is 0 Å². The standard InChI is InChI=1S/C12H20N2O6/c1-19-10(15)5-4-9(11(16)17)14-12(18)13-8-3-2-6-20-7-8/h8-9H,2-7H2,1H3,(H,16,17)(H2,13,14,18)/t8?,9-/m1/s1. The molecule has 2 amide bonds. The average molecular weight is 288 g/mol. The van der Waals surface area contributed by atoms with Crippen LogP contribution in [0.3, 0.4) is 0 Å². The Morgan fingerprint density at radius 2 is 2.20 bits per heavy atom. The van der Waals surface area contributed by atoms with Gasteiger partial charge in [0.05, 0.1) is 19.8 Å². The van der Waals surface area contributed by atoms with Crippen molar-refractivity contribution in [2.45, 2.75) is 37.8 Å². The Bertz CT molecular complexity index is 354. The lowest BCUT2D eigenvalue weighted by Gasteiger charge is -2.24. The van der Waals surface area contributed by atoms with Crippen LogP contribution in [0, 0.1) is 0 Å². The van der Waals surface area contributed by atoms with Crippen molar-refractivity contribution in [3.8, 4) is 0 Å². The van der Waals surface area contributed by atoms with Gasteiger partial charge < -0.3 is 25.2 Å². The van der Waals surface area contributed by atoms with E-state index in [0.717, 1.165) is 12.8 Å². The smallest absolute Gasteiger partial charge is 0.326 e. The van der Waals surface area contributed by atoms with Gasteiger partial charge in [0.25, 0.3) is 0 Å². The molecule has 0 bridgehead atoms. The minimum atomic E-state index is -1.19. The second kappa shape index (κ2) is 8.36. The summed E-state index contributed by atoms with van der Waals surface area (Å²) in [5.41, 5.74) is 0. The Kier molecular flexibility index (Phi) is 6.78. The van der Waals surface area contributed by atoms with E-state index in [-0.39, 0.29) is 18.9 Å². The van der Waals surface area contributed by atoms with Gasteiger partial charge in [0.1, 0.15) is 6.04 Å². The monoisotopic (exact) mass is 288 g/mol. The lowest BCUT2D eigenvalue weighted by molar-refractivity contribution is -0.142. The molecule has 1 heterocycles. The zero-order valence-electron chi connectivity index (χ0n) is 11.4. The lowest BCUT2D eigenvalue weighted by atomic mass is 10.1. The van der Waals surface area contributed by atoms with Crippen LogP contribution in [0.15, 0.2) is 0 Å². The zero-order valence-corrected chi connectivity index (χ0v) is 11.4. The number of rotatable bonds is 6. The van der Waals surface area contributed by atoms with Crippen molar-refractivity contribution >= 4 is 18.0 Å². The van der Waals surface area contributed by atoms with Gasteiger partial charge in [-0.1, -0.05) is 0 Å². The molecule has 0 aromatic carbocycles. The molecule has 3 N–H and O–H groups in total. The van der Waals surface area contributed by atoms with Crippen LogP contribution >= 0.6 is 0 Å². The number of methoxy groups -OCH3 is 1. The highest BCUT2D eigenvalue weighted by Gasteiger charge is 2.23. The predicted molar refractivity (Wildman–Crippen MR) is 68.2 cm³/mol. The van der Waals surface area contributed by atoms with Crippen molar-refractivity contribution in [2.75, 3.05) is 20.3 Å². The fraction of sp³-hybridized carbons (Fsp3) is 0.750. The van der Waals surface area contributed by atoms with E-state index in [1.807, 2.05) is 0 Å². The van der Waals surface area contributed by atoms with Crippen LogP contribution in [0.2, 0.25) is 0 Å². The third-order valence-corrected chi connectivity index (χ3v) is 2.96. The van der Waals surface area contributed by atoms with E-state index in [4.69, 9.17) is 9.84 Å². The molecule has 114 valence electrons. The molecule has 2 atom stereocenters. The van der Waals surface area contributed by atoms with E-state index in [2.05, 4.69) is 15.4 Å². The summed E-state index contributed by atoms with van der Waals surface area (Å²) in [5.74, 6) is -1.71. The van der Waals surface area contributed by atoms with E-state index >= 15 is 0 Å². The first-order chi connectivity index (χ1) is 9.52. The minimum absolute atomic E-state index is 0.0173. The summed E-state index contributed by atoms with van der Waals surface area (Å²) < 4.78 is 9.64. The van der Waals surface area contributed by atoms with Gasteiger partial charge in [0.15, 0.2) is 0 Å². The molecule has 0 radical (unpaired) electrons. The van der Waals surface area contributed by atoms with E-state index in [1.165, 1.54) is 7.11 Å². The molecule has 1 aliphatic heterocycles. The molecule has 1 fully saturated rings. The topological polar surface area (TPSA) is 114 Å². The number of carboxylic acid groups (broad SMARTS) is 1. The highest BCUT2D eigenvalue weighted by molar-refractivity contribution is 5.83. The second-order valence-corrected chi connectivity index (χ2v) is 4.54. The molecular formula is C12H20N2O6. The molecule has 8 nitrogen and oxygen atoms in total. The van der Waals surface area contributed by atoms with Gasteiger partial charge in [-0.2, -0.15) is 0 Å². The molecule has 1 unspecified atom stereocenters. The number of nitrogens with one attached hydrogen (secondary N) is 2. The number of urea groups is 1. The predicted octanol–water partition coefficient (Wildman–Crippen LogP) is -0.129. The van der Waals surface area contributed by atoms with E-state index < -0.39 is 24.0 Å². The van der Waals surface area contributed by atoms with E-state index in [9.17, 15) is 14.4 Å². The maximum absolute atomic E-state index is 11.7. The Balaban J connectivity index is 2.37. The third-order valence-electron chi connectivity index (χ3n) is 2.96. The molecule has 0 saturated carbocycles. The normalized spacial score (nSPS) is 19.8. The van der Waals surface area contributed by atoms with Gasteiger partial charge in [0, 0.05) is 13.0 Å². The van der Waals surface area contributed by atoms with Crippen molar-refractivity contribution in [2.24, 2.45) is 0 Å². The molecule has 0 aromatic rings. The largest absolute Gasteiger partial charge is 0.480 e. The molecule has 8 heteroatoms. The number of carbonyl (C=O) groups excluding carboxylic acids is 2. The average Bonchev–Trinajstić information content (AvgIpc) is 2.43. The maximum atomic E-state index is 11.7. The molecular weight excluding hydrogens is 268 g/mol. The number of carboxylic acids is 1. The van der Waals surface area contributed by atoms with Gasteiger partial charge in [-0.25, -0.2) is 9.59 Å². The molecule has 1 rings (SSSR count). The summed E-state index contributed by atoms with van der Waals surface area (Å²) in [6.07, 6.45) is 1.57. The van der Waals surface area contributed by atoms with Gasteiger partial charge in [0.2, 0.25) is 0 Å². The molecule has 0 aliphatic carbocycles. The number of esters is 1. The molecule has 1 saturated heterocycles. The molecule has 1 aliphatic rings.